The van der Waals surface area contributed by atoms with Crippen LogP contribution in [-0.4, -0.2) is 14.2 Å². The molecule has 0 N–H and O–H groups in total. The van der Waals surface area contributed by atoms with Crippen molar-refractivity contribution in [3.05, 3.63) is 94.0 Å². The average Bonchev–Trinajstić information content (AvgIpc) is 2.65. The van der Waals surface area contributed by atoms with Crippen LogP contribution in [0.2, 0.25) is 10.0 Å². The second-order valence-corrected chi connectivity index (χ2v) is 10.3. The average molecular weight is 437 g/mol. The number of hydrogen-bond acceptors (Lipinski definition) is 3. The van der Waals surface area contributed by atoms with Crippen molar-refractivity contribution in [2.45, 2.75) is 22.0 Å². The number of rotatable bonds is 6. The minimum Gasteiger partial charge on any atom is -0.224 e. The normalized spacial score (nSPS) is 12.7. The van der Waals surface area contributed by atoms with Crippen LogP contribution in [0.5, 0.6) is 0 Å². The van der Waals surface area contributed by atoms with E-state index < -0.39 is 9.84 Å². The third kappa shape index (κ3) is 5.29. The standard InChI is InChI=1S/C21H18Cl2O2S2/c1-15-7-10-18(11-8-15)26-20(16-5-3-2-4-6-16)14-27(24,25)21-13-17(22)9-12-19(21)23/h2-13,20H,14H2,1H3/t20-/m1/s1. The van der Waals surface area contributed by atoms with Crippen LogP contribution >= 0.6 is 35.0 Å². The van der Waals surface area contributed by atoms with Crippen LogP contribution in [-0.2, 0) is 9.84 Å². The maximum Gasteiger partial charge on any atom is 0.181 e. The largest absolute Gasteiger partial charge is 0.224 e. The van der Waals surface area contributed by atoms with Crippen molar-refractivity contribution in [2.24, 2.45) is 0 Å². The Balaban J connectivity index is 1.95. The van der Waals surface area contributed by atoms with Crippen molar-refractivity contribution < 1.29 is 8.42 Å². The predicted molar refractivity (Wildman–Crippen MR) is 115 cm³/mol. The molecule has 0 saturated carbocycles. The predicted octanol–water partition coefficient (Wildman–Crippen LogP) is 6.61. The number of sulfone groups is 1. The zero-order valence-electron chi connectivity index (χ0n) is 14.6. The molecule has 2 nitrogen and oxygen atoms in total. The van der Waals surface area contributed by atoms with E-state index in [0.717, 1.165) is 16.0 Å². The molecule has 0 amide bonds. The van der Waals surface area contributed by atoms with Gasteiger partial charge in [-0.1, -0.05) is 71.2 Å². The van der Waals surface area contributed by atoms with Crippen LogP contribution in [0.3, 0.4) is 0 Å². The minimum absolute atomic E-state index is 0.0714. The maximum atomic E-state index is 13.1. The Hall–Kier alpha value is -1.46. The van der Waals surface area contributed by atoms with E-state index in [9.17, 15) is 8.42 Å². The van der Waals surface area contributed by atoms with Gasteiger partial charge < -0.3 is 0 Å². The van der Waals surface area contributed by atoms with Crippen molar-refractivity contribution >= 4 is 44.8 Å². The molecular formula is C21H18Cl2O2S2. The lowest BCUT2D eigenvalue weighted by atomic mass is 10.2. The van der Waals surface area contributed by atoms with Crippen LogP contribution in [0.4, 0.5) is 0 Å². The number of thioether (sulfide) groups is 1. The van der Waals surface area contributed by atoms with Crippen molar-refractivity contribution in [1.82, 2.24) is 0 Å². The van der Waals surface area contributed by atoms with E-state index in [4.69, 9.17) is 23.2 Å². The lowest BCUT2D eigenvalue weighted by molar-refractivity contribution is 0.595. The molecule has 3 aromatic rings. The SMILES string of the molecule is Cc1ccc(S[C@H](CS(=O)(=O)c2cc(Cl)ccc2Cl)c2ccccc2)cc1. The van der Waals surface area contributed by atoms with Crippen molar-refractivity contribution in [3.63, 3.8) is 0 Å². The first-order valence-electron chi connectivity index (χ1n) is 8.31. The van der Waals surface area contributed by atoms with Gasteiger partial charge in [-0.05, 0) is 42.8 Å². The van der Waals surface area contributed by atoms with Gasteiger partial charge in [0.05, 0.1) is 15.7 Å². The Bertz CT molecular complexity index is 1020. The summed E-state index contributed by atoms with van der Waals surface area (Å²) in [4.78, 5) is 1.09. The van der Waals surface area contributed by atoms with E-state index in [-0.39, 0.29) is 20.9 Å². The minimum atomic E-state index is -3.63. The molecule has 0 heterocycles. The summed E-state index contributed by atoms with van der Waals surface area (Å²) in [5.74, 6) is -0.0738. The highest BCUT2D eigenvalue weighted by molar-refractivity contribution is 8.01. The van der Waals surface area contributed by atoms with Crippen LogP contribution in [0, 0.1) is 6.92 Å². The van der Waals surface area contributed by atoms with Gasteiger partial charge >= 0.3 is 0 Å². The Labute approximate surface area is 174 Å². The molecule has 0 bridgehead atoms. The van der Waals surface area contributed by atoms with Crippen LogP contribution in [0.15, 0.2) is 82.6 Å². The summed E-state index contributed by atoms with van der Waals surface area (Å²) in [6, 6.07) is 22.2. The van der Waals surface area contributed by atoms with Gasteiger partial charge in [0.2, 0.25) is 0 Å². The third-order valence-electron chi connectivity index (χ3n) is 4.07. The summed E-state index contributed by atoms with van der Waals surface area (Å²) in [7, 11) is -3.63. The molecule has 0 radical (unpaired) electrons. The fraction of sp³-hybridized carbons (Fsp3) is 0.143. The number of hydrogen-bond donors (Lipinski definition) is 0. The van der Waals surface area contributed by atoms with E-state index >= 15 is 0 Å². The second kappa shape index (κ2) is 8.70. The zero-order chi connectivity index (χ0) is 19.4. The molecule has 0 saturated heterocycles. The topological polar surface area (TPSA) is 34.1 Å². The third-order valence-corrected chi connectivity index (χ3v) is 8.01. The summed E-state index contributed by atoms with van der Waals surface area (Å²) < 4.78 is 26.2. The molecule has 0 aliphatic heterocycles. The number of aryl methyl sites for hydroxylation is 1. The van der Waals surface area contributed by atoms with Gasteiger partial charge in [-0.2, -0.15) is 0 Å². The lowest BCUT2D eigenvalue weighted by Crippen LogP contribution is -2.13. The molecule has 0 aromatic heterocycles. The molecule has 27 heavy (non-hydrogen) atoms. The molecule has 0 aliphatic carbocycles. The lowest BCUT2D eigenvalue weighted by Gasteiger charge is -2.18. The van der Waals surface area contributed by atoms with Gasteiger partial charge in [-0.15, -0.1) is 11.8 Å². The van der Waals surface area contributed by atoms with Gasteiger partial charge in [-0.25, -0.2) is 8.42 Å². The number of halogens is 2. The summed E-state index contributed by atoms with van der Waals surface area (Å²) in [5.41, 5.74) is 2.11. The van der Waals surface area contributed by atoms with Gasteiger partial charge in [-0.3, -0.25) is 0 Å². The summed E-state index contributed by atoms with van der Waals surface area (Å²) in [6.07, 6.45) is 0. The monoisotopic (exact) mass is 436 g/mol. The first kappa shape index (κ1) is 20.3. The second-order valence-electron chi connectivity index (χ2n) is 6.19. The number of benzene rings is 3. The Morgan fingerprint density at radius 1 is 0.926 bits per heavy atom. The molecule has 3 rings (SSSR count). The van der Waals surface area contributed by atoms with Crippen molar-refractivity contribution in [1.29, 1.82) is 0 Å². The van der Waals surface area contributed by atoms with Crippen LogP contribution in [0.1, 0.15) is 16.4 Å². The van der Waals surface area contributed by atoms with E-state index in [2.05, 4.69) is 0 Å². The van der Waals surface area contributed by atoms with Gasteiger partial charge in [0.25, 0.3) is 0 Å². The highest BCUT2D eigenvalue weighted by Crippen LogP contribution is 2.38. The Kier molecular flexibility index (Phi) is 6.53. The van der Waals surface area contributed by atoms with Crippen molar-refractivity contribution in [2.75, 3.05) is 5.75 Å². The van der Waals surface area contributed by atoms with Crippen molar-refractivity contribution in [3.8, 4) is 0 Å². The molecule has 0 aliphatic rings. The van der Waals surface area contributed by atoms with Gasteiger partial charge in [0, 0.05) is 15.2 Å². The Morgan fingerprint density at radius 2 is 1.59 bits per heavy atom. The molecule has 0 fully saturated rings. The summed E-state index contributed by atoms with van der Waals surface area (Å²) >= 11 is 13.7. The van der Waals surface area contributed by atoms with E-state index in [1.807, 2.05) is 61.5 Å². The molecule has 6 heteroatoms. The maximum absolute atomic E-state index is 13.1. The molecule has 3 aromatic carbocycles. The van der Waals surface area contributed by atoms with Crippen LogP contribution < -0.4 is 0 Å². The molecule has 1 atom stereocenters. The Morgan fingerprint density at radius 3 is 2.26 bits per heavy atom. The zero-order valence-corrected chi connectivity index (χ0v) is 17.7. The molecular weight excluding hydrogens is 419 g/mol. The molecule has 0 unspecified atom stereocenters. The highest BCUT2D eigenvalue weighted by Gasteiger charge is 2.26. The highest BCUT2D eigenvalue weighted by atomic mass is 35.5. The quantitative estimate of drug-likeness (QED) is 0.407. The summed E-state index contributed by atoms with van der Waals surface area (Å²) in [6.45, 7) is 2.02. The first-order chi connectivity index (χ1) is 12.8. The van der Waals surface area contributed by atoms with Gasteiger partial charge in [0.15, 0.2) is 9.84 Å². The van der Waals surface area contributed by atoms with Gasteiger partial charge in [0.1, 0.15) is 0 Å². The summed E-state index contributed by atoms with van der Waals surface area (Å²) in [5, 5.41) is 0.265. The molecule has 0 spiro atoms. The van der Waals surface area contributed by atoms with E-state index in [1.54, 1.807) is 6.07 Å². The van der Waals surface area contributed by atoms with E-state index in [1.165, 1.54) is 23.9 Å². The smallest absolute Gasteiger partial charge is 0.181 e. The molecule has 140 valence electrons. The first-order valence-corrected chi connectivity index (χ1v) is 11.6. The van der Waals surface area contributed by atoms with Crippen LogP contribution in [0.25, 0.3) is 0 Å². The fourth-order valence-corrected chi connectivity index (χ4v) is 6.53. The fourth-order valence-electron chi connectivity index (χ4n) is 2.65. The van der Waals surface area contributed by atoms with E-state index in [0.29, 0.717) is 5.02 Å².